The molecule has 7 heteroatoms. The Labute approximate surface area is 170 Å². The number of anilines is 1. The van der Waals surface area contributed by atoms with Crippen LogP contribution in [0.2, 0.25) is 0 Å². The Kier molecular flexibility index (Phi) is 6.15. The smallest absolute Gasteiger partial charge is 0.247 e. The number of ketones is 1. The summed E-state index contributed by atoms with van der Waals surface area (Å²) in [7, 11) is 1.78. The van der Waals surface area contributed by atoms with Crippen molar-refractivity contribution in [3.8, 4) is 23.1 Å². The molecule has 0 aliphatic carbocycles. The number of ether oxygens (including phenoxy) is 1. The number of rotatable bonds is 4. The van der Waals surface area contributed by atoms with Crippen molar-refractivity contribution in [2.24, 2.45) is 0 Å². The number of nitrogens with zero attached hydrogens (tertiary/aromatic N) is 2. The van der Waals surface area contributed by atoms with Crippen LogP contribution < -0.4 is 5.32 Å². The molecule has 150 valence electrons. The van der Waals surface area contributed by atoms with Crippen molar-refractivity contribution in [2.75, 3.05) is 32.1 Å². The zero-order valence-electron chi connectivity index (χ0n) is 16.8. The van der Waals surface area contributed by atoms with Gasteiger partial charge in [0.2, 0.25) is 5.91 Å². The predicted octanol–water partition coefficient (Wildman–Crippen LogP) is 2.39. The van der Waals surface area contributed by atoms with Gasteiger partial charge in [0.1, 0.15) is 6.04 Å². The fourth-order valence-electron chi connectivity index (χ4n) is 3.49. The molecule has 1 atom stereocenters. The third kappa shape index (κ3) is 4.08. The minimum atomic E-state index is -0.357. The Morgan fingerprint density at radius 2 is 2.28 bits per heavy atom. The minimum Gasteiger partial charge on any atom is -0.386 e. The summed E-state index contributed by atoms with van der Waals surface area (Å²) in [5.41, 5.74) is 4.44. The van der Waals surface area contributed by atoms with Crippen molar-refractivity contribution in [1.82, 2.24) is 14.9 Å². The van der Waals surface area contributed by atoms with Crippen LogP contribution in [0.1, 0.15) is 28.5 Å². The quantitative estimate of drug-likeness (QED) is 0.474. The Morgan fingerprint density at radius 3 is 2.97 bits per heavy atom. The first-order chi connectivity index (χ1) is 14.0. The first-order valence-corrected chi connectivity index (χ1v) is 9.35. The highest BCUT2D eigenvalue weighted by Gasteiger charge is 2.24. The van der Waals surface area contributed by atoms with Crippen molar-refractivity contribution in [2.45, 2.75) is 19.9 Å². The lowest BCUT2D eigenvalue weighted by molar-refractivity contribution is -0.132. The molecule has 1 aliphatic heterocycles. The average molecular weight is 392 g/mol. The topological polar surface area (TPSA) is 87.3 Å². The maximum atomic E-state index is 12.1. The van der Waals surface area contributed by atoms with Crippen LogP contribution in [0.4, 0.5) is 5.69 Å². The van der Waals surface area contributed by atoms with Crippen molar-refractivity contribution < 1.29 is 14.3 Å². The van der Waals surface area contributed by atoms with Gasteiger partial charge >= 0.3 is 0 Å². The Morgan fingerprint density at radius 1 is 1.48 bits per heavy atom. The van der Waals surface area contributed by atoms with E-state index in [4.69, 9.17) is 4.74 Å². The Hall–Kier alpha value is -3.37. The van der Waals surface area contributed by atoms with E-state index >= 15 is 0 Å². The van der Waals surface area contributed by atoms with Crippen LogP contribution >= 0.6 is 0 Å². The van der Waals surface area contributed by atoms with Crippen molar-refractivity contribution in [1.29, 1.82) is 0 Å². The van der Waals surface area contributed by atoms with Gasteiger partial charge in [0.25, 0.3) is 0 Å². The molecule has 0 spiro atoms. The summed E-state index contributed by atoms with van der Waals surface area (Å²) < 4.78 is 5.49. The number of aromatic amines is 1. The van der Waals surface area contributed by atoms with Crippen molar-refractivity contribution in [3.63, 3.8) is 0 Å². The number of carbonyl (C=O) groups is 2. The summed E-state index contributed by atoms with van der Waals surface area (Å²) in [6, 6.07) is 1.49. The van der Waals surface area contributed by atoms with E-state index < -0.39 is 0 Å². The van der Waals surface area contributed by atoms with Gasteiger partial charge in [-0.05, 0) is 26.0 Å². The first kappa shape index (κ1) is 20.4. The number of Topliss-reactive ketones (excluding diaryl/α,β-unsaturated/α-hetero) is 1. The van der Waals surface area contributed by atoms with Crippen LogP contribution in [0, 0.1) is 18.8 Å². The number of pyridine rings is 1. The number of hydrogen-bond acceptors (Lipinski definition) is 5. The molecule has 0 saturated carbocycles. The van der Waals surface area contributed by atoms with Crippen LogP contribution in [0.15, 0.2) is 31.1 Å². The SMILES string of the molecule is C=CC(=O)N1CCOCC1C#Cc1cnccc1-c1[nH]c(C)c(C(C)=O)c1NC. The molecule has 0 radical (unpaired) electrons. The largest absolute Gasteiger partial charge is 0.386 e. The highest BCUT2D eigenvalue weighted by atomic mass is 16.5. The van der Waals surface area contributed by atoms with Gasteiger partial charge in [0.15, 0.2) is 5.78 Å². The number of H-pyrrole nitrogens is 1. The van der Waals surface area contributed by atoms with E-state index in [1.807, 2.05) is 13.0 Å². The first-order valence-electron chi connectivity index (χ1n) is 9.35. The van der Waals surface area contributed by atoms with E-state index in [0.29, 0.717) is 30.9 Å². The molecule has 0 bridgehead atoms. The second kappa shape index (κ2) is 8.76. The van der Waals surface area contributed by atoms with Crippen LogP contribution in [0.25, 0.3) is 11.3 Å². The van der Waals surface area contributed by atoms with E-state index in [0.717, 1.165) is 22.6 Å². The maximum absolute atomic E-state index is 12.1. The molecular formula is C22H24N4O3. The average Bonchev–Trinajstić information content (AvgIpc) is 3.08. The van der Waals surface area contributed by atoms with Gasteiger partial charge in [-0.25, -0.2) is 0 Å². The number of hydrogen-bond donors (Lipinski definition) is 2. The number of carbonyl (C=O) groups excluding carboxylic acids is 2. The van der Waals surface area contributed by atoms with E-state index in [9.17, 15) is 9.59 Å². The molecule has 1 saturated heterocycles. The van der Waals surface area contributed by atoms with E-state index in [-0.39, 0.29) is 17.7 Å². The monoisotopic (exact) mass is 392 g/mol. The molecule has 3 heterocycles. The standard InChI is InChI=1S/C22H24N4O3/c1-5-19(28)26-10-11-29-13-17(26)7-6-16-12-24-9-8-18(16)21-22(23-4)20(15(3)27)14(2)25-21/h5,8-9,12,17,23,25H,1,10-11,13H2,2-4H3. The summed E-state index contributed by atoms with van der Waals surface area (Å²) >= 11 is 0. The van der Waals surface area contributed by atoms with Gasteiger partial charge < -0.3 is 19.9 Å². The molecule has 3 rings (SSSR count). The maximum Gasteiger partial charge on any atom is 0.247 e. The van der Waals surface area contributed by atoms with E-state index in [1.54, 1.807) is 31.3 Å². The number of nitrogens with one attached hydrogen (secondary N) is 2. The van der Waals surface area contributed by atoms with Gasteiger partial charge in [-0.2, -0.15) is 0 Å². The van der Waals surface area contributed by atoms with E-state index in [2.05, 4.69) is 33.7 Å². The normalized spacial score (nSPS) is 16.0. The number of aromatic nitrogens is 2. The van der Waals surface area contributed by atoms with Crippen LogP contribution in [0.3, 0.4) is 0 Å². The van der Waals surface area contributed by atoms with Crippen LogP contribution in [0.5, 0.6) is 0 Å². The third-order valence-electron chi connectivity index (χ3n) is 4.84. The molecule has 1 fully saturated rings. The summed E-state index contributed by atoms with van der Waals surface area (Å²) in [6.45, 7) is 8.28. The zero-order chi connectivity index (χ0) is 21.0. The molecule has 29 heavy (non-hydrogen) atoms. The van der Waals surface area contributed by atoms with E-state index in [1.165, 1.54) is 6.08 Å². The Bertz CT molecular complexity index is 1010. The zero-order valence-corrected chi connectivity index (χ0v) is 16.8. The lowest BCUT2D eigenvalue weighted by Gasteiger charge is -2.31. The summed E-state index contributed by atoms with van der Waals surface area (Å²) in [4.78, 5) is 33.3. The molecule has 2 aromatic rings. The Balaban J connectivity index is 2.03. The van der Waals surface area contributed by atoms with Gasteiger partial charge in [0, 0.05) is 37.2 Å². The molecule has 2 aromatic heterocycles. The fourth-order valence-corrected chi connectivity index (χ4v) is 3.49. The highest BCUT2D eigenvalue weighted by Crippen LogP contribution is 2.34. The van der Waals surface area contributed by atoms with Gasteiger partial charge in [-0.15, -0.1) is 0 Å². The second-order valence-corrected chi connectivity index (χ2v) is 6.70. The molecule has 1 amide bonds. The fraction of sp³-hybridized carbons (Fsp3) is 0.318. The van der Waals surface area contributed by atoms with Gasteiger partial charge in [-0.1, -0.05) is 18.4 Å². The summed E-state index contributed by atoms with van der Waals surface area (Å²) in [6.07, 6.45) is 4.65. The molecule has 2 N–H and O–H groups in total. The predicted molar refractivity (Wildman–Crippen MR) is 112 cm³/mol. The van der Waals surface area contributed by atoms with Crippen molar-refractivity contribution >= 4 is 17.4 Å². The lowest BCUT2D eigenvalue weighted by Crippen LogP contribution is -2.47. The highest BCUT2D eigenvalue weighted by molar-refractivity contribution is 6.04. The van der Waals surface area contributed by atoms with Crippen LogP contribution in [-0.2, 0) is 9.53 Å². The van der Waals surface area contributed by atoms with Crippen molar-refractivity contribution in [3.05, 3.63) is 47.9 Å². The second-order valence-electron chi connectivity index (χ2n) is 6.70. The van der Waals surface area contributed by atoms with Crippen LogP contribution in [-0.4, -0.2) is 59.4 Å². The number of aryl methyl sites for hydroxylation is 1. The van der Waals surface area contributed by atoms with Gasteiger partial charge in [-0.3, -0.25) is 14.6 Å². The lowest BCUT2D eigenvalue weighted by atomic mass is 10.0. The molecule has 7 nitrogen and oxygen atoms in total. The number of amides is 1. The molecule has 1 unspecified atom stereocenters. The van der Waals surface area contributed by atoms with Gasteiger partial charge in [0.05, 0.1) is 35.7 Å². The minimum absolute atomic E-state index is 0.0195. The molecule has 1 aliphatic rings. The summed E-state index contributed by atoms with van der Waals surface area (Å²) in [5, 5.41) is 3.12. The molecule has 0 aromatic carbocycles. The summed E-state index contributed by atoms with van der Waals surface area (Å²) in [5.74, 6) is 6.10. The number of morpholine rings is 1. The third-order valence-corrected chi connectivity index (χ3v) is 4.84. The molecular weight excluding hydrogens is 368 g/mol.